The Bertz CT molecular complexity index is 1260. The summed E-state index contributed by atoms with van der Waals surface area (Å²) in [4.78, 5) is 27.3. The van der Waals surface area contributed by atoms with E-state index in [2.05, 4.69) is 32.5 Å². The number of hydrogen-bond acceptors (Lipinski definition) is 5. The number of hydrogen-bond donors (Lipinski definition) is 2. The van der Waals surface area contributed by atoms with Gasteiger partial charge in [-0.1, -0.05) is 6.07 Å². The van der Waals surface area contributed by atoms with E-state index in [1.54, 1.807) is 12.1 Å². The molecule has 8 nitrogen and oxygen atoms in total. The lowest BCUT2D eigenvalue weighted by Gasteiger charge is -2.42. The van der Waals surface area contributed by atoms with E-state index in [1.807, 2.05) is 22.8 Å². The van der Waals surface area contributed by atoms with Crippen molar-refractivity contribution in [3.8, 4) is 17.0 Å². The number of benzene rings is 1. The van der Waals surface area contributed by atoms with Gasteiger partial charge >= 0.3 is 0 Å². The van der Waals surface area contributed by atoms with Crippen molar-refractivity contribution in [3.05, 3.63) is 69.8 Å². The molecule has 8 heteroatoms. The van der Waals surface area contributed by atoms with E-state index in [-0.39, 0.29) is 11.5 Å². The largest absolute Gasteiger partial charge is 0.493 e. The van der Waals surface area contributed by atoms with E-state index >= 15 is 0 Å². The molecule has 0 radical (unpaired) electrons. The first-order valence-corrected chi connectivity index (χ1v) is 11.7. The molecule has 2 N–H and O–H groups in total. The van der Waals surface area contributed by atoms with Gasteiger partial charge in [-0.15, -0.1) is 0 Å². The van der Waals surface area contributed by atoms with Gasteiger partial charge < -0.3 is 19.5 Å². The second-order valence-corrected chi connectivity index (χ2v) is 9.30. The first-order valence-electron chi connectivity index (χ1n) is 11.7. The van der Waals surface area contributed by atoms with Crippen molar-refractivity contribution < 1.29 is 9.53 Å². The molecule has 170 valence electrons. The van der Waals surface area contributed by atoms with E-state index in [0.717, 1.165) is 68.3 Å². The molecule has 2 bridgehead atoms. The molecule has 0 spiro atoms. The van der Waals surface area contributed by atoms with E-state index in [4.69, 9.17) is 4.74 Å². The number of rotatable bonds is 5. The quantitative estimate of drug-likeness (QED) is 0.627. The van der Waals surface area contributed by atoms with Gasteiger partial charge in [-0.25, -0.2) is 0 Å². The number of amides is 1. The molecule has 2 unspecified atom stereocenters. The van der Waals surface area contributed by atoms with Gasteiger partial charge in [-0.2, -0.15) is 5.10 Å². The second-order valence-electron chi connectivity index (χ2n) is 9.30. The van der Waals surface area contributed by atoms with Gasteiger partial charge in [0.1, 0.15) is 11.4 Å². The zero-order valence-corrected chi connectivity index (χ0v) is 18.4. The lowest BCUT2D eigenvalue weighted by molar-refractivity contribution is 0.0923. The number of pyridine rings is 1. The highest BCUT2D eigenvalue weighted by molar-refractivity contribution is 5.93. The van der Waals surface area contributed by atoms with E-state index in [0.29, 0.717) is 24.1 Å². The number of ether oxygens (including phenoxy) is 1. The first-order chi connectivity index (χ1) is 16.1. The van der Waals surface area contributed by atoms with Crippen molar-refractivity contribution in [1.82, 2.24) is 25.0 Å². The third-order valence-corrected chi connectivity index (χ3v) is 7.08. The van der Waals surface area contributed by atoms with Crippen LogP contribution < -0.4 is 15.6 Å². The van der Waals surface area contributed by atoms with Crippen LogP contribution in [0, 0.1) is 5.92 Å². The average molecular weight is 446 g/mol. The molecule has 2 atom stereocenters. The minimum absolute atomic E-state index is 0.107. The third kappa shape index (κ3) is 3.84. The Kier molecular flexibility index (Phi) is 5.02. The fourth-order valence-corrected chi connectivity index (χ4v) is 5.53. The van der Waals surface area contributed by atoms with Crippen molar-refractivity contribution in [1.29, 1.82) is 0 Å². The van der Waals surface area contributed by atoms with Crippen LogP contribution in [0.15, 0.2) is 47.3 Å². The van der Waals surface area contributed by atoms with Crippen molar-refractivity contribution in [2.24, 2.45) is 5.92 Å². The fourth-order valence-electron chi connectivity index (χ4n) is 5.53. The van der Waals surface area contributed by atoms with Gasteiger partial charge in [0.15, 0.2) is 0 Å². The lowest BCUT2D eigenvalue weighted by atomic mass is 9.83. The SMILES string of the molecule is O=C(NCCN1CC2CC(C1)c1cccc(=O)n1C2)c1cc(-c2ccc3c(c2)CCO3)n[nH]1. The van der Waals surface area contributed by atoms with Crippen LogP contribution in [0.5, 0.6) is 5.75 Å². The number of H-pyrrole nitrogens is 1. The normalized spacial score (nSPS) is 21.2. The predicted octanol–water partition coefficient (Wildman–Crippen LogP) is 2.02. The molecular weight excluding hydrogens is 418 g/mol. The standard InChI is InChI=1S/C25H27N5O3/c31-24-3-1-2-22-19-10-16(14-30(22)24)13-29(15-19)8-7-26-25(32)21-12-20(27-28-21)17-4-5-23-18(11-17)6-9-33-23/h1-5,11-12,16,19H,6-10,13-15H2,(H,26,32)(H,27,28). The van der Waals surface area contributed by atoms with Crippen molar-refractivity contribution in [3.63, 3.8) is 0 Å². The number of piperidine rings is 1. The molecule has 5 heterocycles. The van der Waals surface area contributed by atoms with Crippen molar-refractivity contribution in [2.45, 2.75) is 25.3 Å². The van der Waals surface area contributed by atoms with Gasteiger partial charge in [-0.05, 0) is 48.2 Å². The molecule has 3 aromatic rings. The van der Waals surface area contributed by atoms with Gasteiger partial charge in [0.2, 0.25) is 0 Å². The Morgan fingerprint density at radius 1 is 1.18 bits per heavy atom. The smallest absolute Gasteiger partial charge is 0.269 e. The molecule has 33 heavy (non-hydrogen) atoms. The molecule has 1 saturated heterocycles. The number of carbonyl (C=O) groups is 1. The van der Waals surface area contributed by atoms with Crippen LogP contribution in [-0.2, 0) is 13.0 Å². The predicted molar refractivity (Wildman–Crippen MR) is 124 cm³/mol. The maximum absolute atomic E-state index is 12.7. The Balaban J connectivity index is 1.05. The van der Waals surface area contributed by atoms with Gasteiger partial charge in [0, 0.05) is 62.4 Å². The zero-order chi connectivity index (χ0) is 22.4. The topological polar surface area (TPSA) is 92.2 Å². The number of nitrogens with one attached hydrogen (secondary N) is 2. The Morgan fingerprint density at radius 3 is 3.06 bits per heavy atom. The molecular formula is C25H27N5O3. The molecule has 3 aliphatic rings. The zero-order valence-electron chi connectivity index (χ0n) is 18.4. The average Bonchev–Trinajstić information content (AvgIpc) is 3.49. The van der Waals surface area contributed by atoms with E-state index in [1.165, 1.54) is 5.56 Å². The molecule has 3 aliphatic heterocycles. The Morgan fingerprint density at radius 2 is 2.12 bits per heavy atom. The van der Waals surface area contributed by atoms with Gasteiger partial charge in [-0.3, -0.25) is 14.7 Å². The summed E-state index contributed by atoms with van der Waals surface area (Å²) in [7, 11) is 0. The highest BCUT2D eigenvalue weighted by atomic mass is 16.5. The molecule has 0 saturated carbocycles. The summed E-state index contributed by atoms with van der Waals surface area (Å²) in [6, 6.07) is 13.4. The molecule has 1 fully saturated rings. The first kappa shape index (κ1) is 20.2. The molecule has 6 rings (SSSR count). The number of aromatic amines is 1. The van der Waals surface area contributed by atoms with Crippen LogP contribution in [0.4, 0.5) is 0 Å². The number of likely N-dealkylation sites (tertiary alicyclic amines) is 1. The highest BCUT2D eigenvalue weighted by Gasteiger charge is 2.34. The maximum Gasteiger partial charge on any atom is 0.269 e. The summed E-state index contributed by atoms with van der Waals surface area (Å²) in [6.07, 6.45) is 2.04. The molecule has 2 aromatic heterocycles. The summed E-state index contributed by atoms with van der Waals surface area (Å²) in [5.74, 6) is 1.66. The van der Waals surface area contributed by atoms with Crippen molar-refractivity contribution in [2.75, 3.05) is 32.8 Å². The summed E-state index contributed by atoms with van der Waals surface area (Å²) >= 11 is 0. The van der Waals surface area contributed by atoms with Crippen LogP contribution in [0.2, 0.25) is 0 Å². The van der Waals surface area contributed by atoms with Crippen molar-refractivity contribution >= 4 is 5.91 Å². The summed E-state index contributed by atoms with van der Waals surface area (Å²) in [5.41, 5.74) is 4.64. The number of fused-ring (bicyclic) bond motifs is 5. The fraction of sp³-hybridized carbons (Fsp3) is 0.400. The van der Waals surface area contributed by atoms with E-state index in [9.17, 15) is 9.59 Å². The van der Waals surface area contributed by atoms with Crippen LogP contribution >= 0.6 is 0 Å². The minimum Gasteiger partial charge on any atom is -0.493 e. The molecule has 1 amide bonds. The van der Waals surface area contributed by atoms with Crippen LogP contribution in [0.25, 0.3) is 11.3 Å². The lowest BCUT2D eigenvalue weighted by Crippen LogP contribution is -2.48. The second kappa shape index (κ2) is 8.19. The number of aromatic nitrogens is 3. The number of nitrogens with zero attached hydrogens (tertiary/aromatic N) is 3. The summed E-state index contributed by atoms with van der Waals surface area (Å²) in [6.45, 7) is 4.76. The van der Waals surface area contributed by atoms with Gasteiger partial charge in [0.05, 0.1) is 12.3 Å². The third-order valence-electron chi connectivity index (χ3n) is 7.08. The van der Waals surface area contributed by atoms with Crippen LogP contribution in [-0.4, -0.2) is 58.4 Å². The monoisotopic (exact) mass is 445 g/mol. The van der Waals surface area contributed by atoms with Crippen LogP contribution in [0.1, 0.15) is 34.1 Å². The Hall–Kier alpha value is -3.39. The number of carbonyl (C=O) groups excluding carboxylic acids is 1. The summed E-state index contributed by atoms with van der Waals surface area (Å²) < 4.78 is 7.51. The highest BCUT2D eigenvalue weighted by Crippen LogP contribution is 2.34. The molecule has 1 aromatic carbocycles. The van der Waals surface area contributed by atoms with Crippen LogP contribution in [0.3, 0.4) is 0 Å². The minimum atomic E-state index is -0.146. The van der Waals surface area contributed by atoms with Gasteiger partial charge in [0.25, 0.3) is 11.5 Å². The maximum atomic E-state index is 12.7. The van der Waals surface area contributed by atoms with E-state index < -0.39 is 0 Å². The Labute approximate surface area is 191 Å². The molecule has 0 aliphatic carbocycles. The summed E-state index contributed by atoms with van der Waals surface area (Å²) in [5, 5.41) is 10.2.